The van der Waals surface area contributed by atoms with Gasteiger partial charge < -0.3 is 4.74 Å². The number of rotatable bonds is 3. The standard InChI is InChI=1S/C14H12ClFO/c1-10-5-6-12(15)8-14(10)17-9-11-3-2-4-13(16)7-11/h2-8H,9H2,1H3. The smallest absolute Gasteiger partial charge is 0.124 e. The zero-order valence-electron chi connectivity index (χ0n) is 9.41. The fourth-order valence-electron chi connectivity index (χ4n) is 1.52. The van der Waals surface area contributed by atoms with Crippen LogP contribution in [0.3, 0.4) is 0 Å². The maximum atomic E-state index is 13.0. The summed E-state index contributed by atoms with van der Waals surface area (Å²) in [5.41, 5.74) is 1.80. The first kappa shape index (κ1) is 11.9. The van der Waals surface area contributed by atoms with Crippen LogP contribution in [0.1, 0.15) is 11.1 Å². The van der Waals surface area contributed by atoms with Crippen LogP contribution in [0.2, 0.25) is 5.02 Å². The quantitative estimate of drug-likeness (QED) is 0.786. The van der Waals surface area contributed by atoms with Gasteiger partial charge in [0.2, 0.25) is 0 Å². The molecule has 88 valence electrons. The van der Waals surface area contributed by atoms with Crippen molar-refractivity contribution in [1.82, 2.24) is 0 Å². The van der Waals surface area contributed by atoms with Crippen molar-refractivity contribution in [2.45, 2.75) is 13.5 Å². The molecular weight excluding hydrogens is 239 g/mol. The van der Waals surface area contributed by atoms with E-state index in [2.05, 4.69) is 0 Å². The van der Waals surface area contributed by atoms with E-state index in [4.69, 9.17) is 16.3 Å². The van der Waals surface area contributed by atoms with Crippen LogP contribution in [0.25, 0.3) is 0 Å². The molecule has 0 amide bonds. The fourth-order valence-corrected chi connectivity index (χ4v) is 1.68. The Balaban J connectivity index is 2.09. The van der Waals surface area contributed by atoms with E-state index >= 15 is 0 Å². The van der Waals surface area contributed by atoms with Gasteiger partial charge in [0, 0.05) is 5.02 Å². The molecule has 1 nitrogen and oxygen atoms in total. The molecule has 0 radical (unpaired) electrons. The van der Waals surface area contributed by atoms with Gasteiger partial charge in [-0.2, -0.15) is 0 Å². The molecule has 0 unspecified atom stereocenters. The highest BCUT2D eigenvalue weighted by molar-refractivity contribution is 6.30. The fraction of sp³-hybridized carbons (Fsp3) is 0.143. The molecule has 0 bridgehead atoms. The van der Waals surface area contributed by atoms with Crippen LogP contribution in [-0.4, -0.2) is 0 Å². The highest BCUT2D eigenvalue weighted by Gasteiger charge is 2.02. The van der Waals surface area contributed by atoms with E-state index in [0.717, 1.165) is 16.9 Å². The zero-order chi connectivity index (χ0) is 12.3. The van der Waals surface area contributed by atoms with Gasteiger partial charge in [-0.3, -0.25) is 0 Å². The Kier molecular flexibility index (Phi) is 3.64. The lowest BCUT2D eigenvalue weighted by molar-refractivity contribution is 0.303. The first-order valence-corrected chi connectivity index (χ1v) is 5.66. The molecule has 0 atom stereocenters. The van der Waals surface area contributed by atoms with E-state index in [-0.39, 0.29) is 5.82 Å². The third kappa shape index (κ3) is 3.21. The number of aryl methyl sites for hydroxylation is 1. The molecule has 0 fully saturated rings. The lowest BCUT2D eigenvalue weighted by Crippen LogP contribution is -1.97. The average Bonchev–Trinajstić information content (AvgIpc) is 2.30. The molecule has 0 aliphatic rings. The van der Waals surface area contributed by atoms with E-state index in [0.29, 0.717) is 11.6 Å². The lowest BCUT2D eigenvalue weighted by atomic mass is 10.2. The second-order valence-corrected chi connectivity index (χ2v) is 4.26. The summed E-state index contributed by atoms with van der Waals surface area (Å²) in [4.78, 5) is 0. The highest BCUT2D eigenvalue weighted by atomic mass is 35.5. The van der Waals surface area contributed by atoms with Crippen LogP contribution < -0.4 is 4.74 Å². The summed E-state index contributed by atoms with van der Waals surface area (Å²) in [6, 6.07) is 11.8. The van der Waals surface area contributed by atoms with Gasteiger partial charge in [-0.25, -0.2) is 4.39 Å². The van der Waals surface area contributed by atoms with E-state index in [1.807, 2.05) is 25.1 Å². The summed E-state index contributed by atoms with van der Waals surface area (Å²) in [6.07, 6.45) is 0. The Morgan fingerprint density at radius 2 is 2.00 bits per heavy atom. The molecule has 0 saturated heterocycles. The van der Waals surface area contributed by atoms with Gasteiger partial charge in [0.05, 0.1) is 0 Å². The van der Waals surface area contributed by atoms with Crippen molar-refractivity contribution >= 4 is 11.6 Å². The lowest BCUT2D eigenvalue weighted by Gasteiger charge is -2.09. The summed E-state index contributed by atoms with van der Waals surface area (Å²) in [6.45, 7) is 2.27. The van der Waals surface area contributed by atoms with Gasteiger partial charge >= 0.3 is 0 Å². The van der Waals surface area contributed by atoms with Gasteiger partial charge in [0.15, 0.2) is 0 Å². The SMILES string of the molecule is Cc1ccc(Cl)cc1OCc1cccc(F)c1. The van der Waals surface area contributed by atoms with E-state index in [1.54, 1.807) is 12.1 Å². The maximum Gasteiger partial charge on any atom is 0.124 e. The van der Waals surface area contributed by atoms with Crippen molar-refractivity contribution in [1.29, 1.82) is 0 Å². The average molecular weight is 251 g/mol. The molecule has 0 saturated carbocycles. The van der Waals surface area contributed by atoms with E-state index in [1.165, 1.54) is 12.1 Å². The third-order valence-electron chi connectivity index (χ3n) is 2.43. The molecule has 3 heteroatoms. The van der Waals surface area contributed by atoms with Crippen molar-refractivity contribution in [2.75, 3.05) is 0 Å². The molecule has 2 aromatic carbocycles. The second kappa shape index (κ2) is 5.19. The van der Waals surface area contributed by atoms with E-state index < -0.39 is 0 Å². The van der Waals surface area contributed by atoms with Gasteiger partial charge in [-0.1, -0.05) is 29.8 Å². The molecule has 0 heterocycles. The summed E-state index contributed by atoms with van der Waals surface area (Å²) >= 11 is 5.88. The number of ether oxygens (including phenoxy) is 1. The minimum atomic E-state index is -0.256. The number of hydrogen-bond acceptors (Lipinski definition) is 1. The Hall–Kier alpha value is -1.54. The van der Waals surface area contributed by atoms with Crippen LogP contribution >= 0.6 is 11.6 Å². The van der Waals surface area contributed by atoms with Crippen LogP contribution in [0, 0.1) is 12.7 Å². The Morgan fingerprint density at radius 1 is 1.18 bits per heavy atom. The minimum Gasteiger partial charge on any atom is -0.489 e. The first-order chi connectivity index (χ1) is 8.15. The van der Waals surface area contributed by atoms with Gasteiger partial charge in [-0.05, 0) is 42.3 Å². The highest BCUT2D eigenvalue weighted by Crippen LogP contribution is 2.23. The predicted molar refractivity (Wildman–Crippen MR) is 66.9 cm³/mol. The predicted octanol–water partition coefficient (Wildman–Crippen LogP) is 4.37. The molecule has 17 heavy (non-hydrogen) atoms. The van der Waals surface area contributed by atoms with Crippen LogP contribution in [0.5, 0.6) is 5.75 Å². The zero-order valence-corrected chi connectivity index (χ0v) is 10.2. The molecule has 0 spiro atoms. The maximum absolute atomic E-state index is 13.0. The van der Waals surface area contributed by atoms with Crippen molar-refractivity contribution < 1.29 is 9.13 Å². The Morgan fingerprint density at radius 3 is 2.76 bits per heavy atom. The summed E-state index contributed by atoms with van der Waals surface area (Å²) in [5.74, 6) is 0.468. The molecule has 0 aliphatic heterocycles. The molecule has 0 aliphatic carbocycles. The normalized spacial score (nSPS) is 10.3. The molecule has 0 N–H and O–H groups in total. The Bertz CT molecular complexity index is 525. The minimum absolute atomic E-state index is 0.256. The van der Waals surface area contributed by atoms with Crippen molar-refractivity contribution in [3.8, 4) is 5.75 Å². The van der Waals surface area contributed by atoms with Gasteiger partial charge in [0.1, 0.15) is 18.2 Å². The molecule has 2 rings (SSSR count). The summed E-state index contributed by atoms with van der Waals surface area (Å²) in [7, 11) is 0. The molecule has 2 aromatic rings. The summed E-state index contributed by atoms with van der Waals surface area (Å²) < 4.78 is 18.6. The number of halogens is 2. The van der Waals surface area contributed by atoms with Crippen molar-refractivity contribution in [2.24, 2.45) is 0 Å². The Labute approximate surface area is 105 Å². The van der Waals surface area contributed by atoms with E-state index in [9.17, 15) is 4.39 Å². The second-order valence-electron chi connectivity index (χ2n) is 3.83. The van der Waals surface area contributed by atoms with Crippen molar-refractivity contribution in [3.05, 3.63) is 64.4 Å². The third-order valence-corrected chi connectivity index (χ3v) is 2.67. The topological polar surface area (TPSA) is 9.23 Å². The van der Waals surface area contributed by atoms with Gasteiger partial charge in [0.25, 0.3) is 0 Å². The van der Waals surface area contributed by atoms with Crippen LogP contribution in [0.4, 0.5) is 4.39 Å². The van der Waals surface area contributed by atoms with Crippen LogP contribution in [-0.2, 0) is 6.61 Å². The largest absolute Gasteiger partial charge is 0.489 e. The summed E-state index contributed by atoms with van der Waals surface area (Å²) in [5, 5.41) is 0.629. The van der Waals surface area contributed by atoms with Gasteiger partial charge in [-0.15, -0.1) is 0 Å². The monoisotopic (exact) mass is 250 g/mol. The van der Waals surface area contributed by atoms with Crippen LogP contribution in [0.15, 0.2) is 42.5 Å². The molecule has 0 aromatic heterocycles. The first-order valence-electron chi connectivity index (χ1n) is 5.28. The molecular formula is C14H12ClFO. The number of hydrogen-bond donors (Lipinski definition) is 0. The van der Waals surface area contributed by atoms with Crippen molar-refractivity contribution in [3.63, 3.8) is 0 Å². The number of benzene rings is 2.